The number of fused-ring (bicyclic) bond motifs is 1. The molecule has 20 heavy (non-hydrogen) atoms. The van der Waals surface area contributed by atoms with E-state index in [2.05, 4.69) is 49.4 Å². The zero-order chi connectivity index (χ0) is 13.1. The third kappa shape index (κ3) is 3.03. The predicted octanol–water partition coefficient (Wildman–Crippen LogP) is 4.90. The smallest absolute Gasteiger partial charge is 0 e. The van der Waals surface area contributed by atoms with Gasteiger partial charge in [0.2, 0.25) is 0 Å². The van der Waals surface area contributed by atoms with E-state index in [1.165, 1.54) is 16.3 Å². The van der Waals surface area contributed by atoms with Crippen molar-refractivity contribution in [2.45, 2.75) is 0 Å². The number of hydrogen-bond acceptors (Lipinski definition) is 0. The SMILES string of the molecule is [CH2-]/C=C(\c1[c-]cc2ccccc2c1)c1ccccc1.[Y]. The minimum absolute atomic E-state index is 0. The number of benzene rings is 3. The van der Waals surface area contributed by atoms with Gasteiger partial charge >= 0.3 is 0 Å². The van der Waals surface area contributed by atoms with Crippen molar-refractivity contribution in [2.24, 2.45) is 0 Å². The topological polar surface area (TPSA) is 0 Å². The van der Waals surface area contributed by atoms with Gasteiger partial charge in [0, 0.05) is 32.7 Å². The van der Waals surface area contributed by atoms with Gasteiger partial charge in [-0.2, -0.15) is 6.08 Å². The second kappa shape index (κ2) is 6.88. The van der Waals surface area contributed by atoms with Crippen molar-refractivity contribution in [1.82, 2.24) is 0 Å². The monoisotopic (exact) mass is 331 g/mol. The summed E-state index contributed by atoms with van der Waals surface area (Å²) < 4.78 is 0. The van der Waals surface area contributed by atoms with E-state index in [0.717, 1.165) is 11.1 Å². The first-order valence-electron chi connectivity index (χ1n) is 6.34. The van der Waals surface area contributed by atoms with Crippen LogP contribution in [0, 0.1) is 13.0 Å². The molecule has 0 bridgehead atoms. The van der Waals surface area contributed by atoms with Crippen LogP contribution in [0.25, 0.3) is 16.3 Å². The fourth-order valence-corrected chi connectivity index (χ4v) is 2.28. The number of allylic oxidation sites excluding steroid dienone is 1. The van der Waals surface area contributed by atoms with E-state index >= 15 is 0 Å². The minimum atomic E-state index is 0. The molecule has 3 rings (SSSR count). The van der Waals surface area contributed by atoms with Crippen LogP contribution >= 0.6 is 0 Å². The summed E-state index contributed by atoms with van der Waals surface area (Å²) in [4.78, 5) is 0. The van der Waals surface area contributed by atoms with Crippen LogP contribution in [0.1, 0.15) is 11.1 Å². The Bertz CT molecular complexity index is 727. The first-order valence-corrected chi connectivity index (χ1v) is 6.34. The molecular formula is C19H14Y-2. The molecule has 0 amide bonds. The Morgan fingerprint density at radius 2 is 1.55 bits per heavy atom. The summed E-state index contributed by atoms with van der Waals surface area (Å²) in [6.07, 6.45) is 1.90. The van der Waals surface area contributed by atoms with Crippen molar-refractivity contribution < 1.29 is 32.7 Å². The standard InChI is InChI=1S/C19H14.Y/c1-2-19(16-9-4-3-5-10-16)18-13-12-15-8-6-7-11-17(15)14-18;/h2-12,14H,1H2;/q-2;/b19-2-;. The molecule has 0 nitrogen and oxygen atoms in total. The maximum atomic E-state index is 3.94. The second-order valence-corrected chi connectivity index (χ2v) is 4.46. The number of hydrogen-bond donors (Lipinski definition) is 0. The maximum absolute atomic E-state index is 3.94. The molecule has 0 unspecified atom stereocenters. The Balaban J connectivity index is 0.00000147. The van der Waals surface area contributed by atoms with E-state index in [-0.39, 0.29) is 32.7 Å². The Kier molecular flexibility index (Phi) is 5.17. The van der Waals surface area contributed by atoms with Crippen LogP contribution in [0.3, 0.4) is 0 Å². The summed E-state index contributed by atoms with van der Waals surface area (Å²) in [5.74, 6) is 0. The average Bonchev–Trinajstić information content (AvgIpc) is 2.49. The summed E-state index contributed by atoms with van der Waals surface area (Å²) in [7, 11) is 0. The van der Waals surface area contributed by atoms with Gasteiger partial charge in [-0.3, -0.25) is 0 Å². The third-order valence-corrected chi connectivity index (χ3v) is 3.26. The van der Waals surface area contributed by atoms with Crippen molar-refractivity contribution in [3.8, 4) is 0 Å². The van der Waals surface area contributed by atoms with Crippen molar-refractivity contribution in [2.75, 3.05) is 0 Å². The second-order valence-electron chi connectivity index (χ2n) is 4.46. The molecule has 0 atom stereocenters. The Morgan fingerprint density at radius 1 is 0.900 bits per heavy atom. The first kappa shape index (κ1) is 15.0. The maximum Gasteiger partial charge on any atom is 0 e. The molecule has 0 saturated carbocycles. The Morgan fingerprint density at radius 3 is 2.25 bits per heavy atom. The predicted molar refractivity (Wildman–Crippen MR) is 81.7 cm³/mol. The van der Waals surface area contributed by atoms with Crippen LogP contribution in [-0.2, 0) is 32.7 Å². The van der Waals surface area contributed by atoms with Gasteiger partial charge in [-0.05, 0) is 0 Å². The van der Waals surface area contributed by atoms with Gasteiger partial charge in [-0.15, -0.1) is 34.7 Å². The van der Waals surface area contributed by atoms with Gasteiger partial charge in [0.15, 0.2) is 0 Å². The van der Waals surface area contributed by atoms with Gasteiger partial charge in [0.25, 0.3) is 0 Å². The van der Waals surface area contributed by atoms with Gasteiger partial charge in [-0.25, -0.2) is 6.92 Å². The van der Waals surface area contributed by atoms with Crippen LogP contribution in [0.2, 0.25) is 0 Å². The molecule has 0 aliphatic rings. The largest absolute Gasteiger partial charge is 0.236 e. The quantitative estimate of drug-likeness (QED) is 0.586. The molecule has 0 spiro atoms. The van der Waals surface area contributed by atoms with E-state index in [0.29, 0.717) is 0 Å². The van der Waals surface area contributed by atoms with Crippen molar-refractivity contribution in [3.63, 3.8) is 0 Å². The molecule has 0 aromatic heterocycles. The molecule has 0 aliphatic carbocycles. The van der Waals surface area contributed by atoms with Crippen LogP contribution in [0.4, 0.5) is 0 Å². The minimum Gasteiger partial charge on any atom is -0.236 e. The molecular weight excluding hydrogens is 317 g/mol. The van der Waals surface area contributed by atoms with E-state index < -0.39 is 0 Å². The Hall–Kier alpha value is -1.37. The molecule has 0 N–H and O–H groups in total. The summed E-state index contributed by atoms with van der Waals surface area (Å²) in [6, 6.07) is 26.2. The Labute approximate surface area is 145 Å². The molecule has 1 heteroatoms. The molecule has 0 fully saturated rings. The van der Waals surface area contributed by atoms with Gasteiger partial charge in [-0.1, -0.05) is 65.5 Å². The van der Waals surface area contributed by atoms with E-state index in [1.54, 1.807) is 0 Å². The zero-order valence-electron chi connectivity index (χ0n) is 11.2. The molecule has 95 valence electrons. The number of rotatable bonds is 2. The van der Waals surface area contributed by atoms with Crippen molar-refractivity contribution >= 4 is 16.3 Å². The molecule has 3 aromatic rings. The first-order chi connectivity index (χ1) is 9.38. The summed E-state index contributed by atoms with van der Waals surface area (Å²) >= 11 is 0. The molecule has 0 heterocycles. The summed E-state index contributed by atoms with van der Waals surface area (Å²) in [5, 5.41) is 2.44. The fraction of sp³-hybridized carbons (Fsp3) is 0. The molecule has 3 aromatic carbocycles. The van der Waals surface area contributed by atoms with Gasteiger partial charge in [0.1, 0.15) is 0 Å². The van der Waals surface area contributed by atoms with E-state index in [4.69, 9.17) is 0 Å². The van der Waals surface area contributed by atoms with Gasteiger partial charge < -0.3 is 0 Å². The molecule has 1 radical (unpaired) electrons. The van der Waals surface area contributed by atoms with Crippen LogP contribution in [0.15, 0.2) is 72.8 Å². The normalized spacial score (nSPS) is 11.1. The summed E-state index contributed by atoms with van der Waals surface area (Å²) in [6.45, 7) is 3.94. The molecule has 0 saturated heterocycles. The zero-order valence-corrected chi connectivity index (χ0v) is 14.1. The van der Waals surface area contributed by atoms with Crippen LogP contribution in [0.5, 0.6) is 0 Å². The molecule has 0 aliphatic heterocycles. The van der Waals surface area contributed by atoms with Crippen LogP contribution < -0.4 is 0 Å². The summed E-state index contributed by atoms with van der Waals surface area (Å²) in [5.41, 5.74) is 3.37. The van der Waals surface area contributed by atoms with Gasteiger partial charge in [0.05, 0.1) is 0 Å². The average molecular weight is 331 g/mol. The fourth-order valence-electron chi connectivity index (χ4n) is 2.28. The van der Waals surface area contributed by atoms with E-state index in [1.807, 2.05) is 36.4 Å². The van der Waals surface area contributed by atoms with Crippen LogP contribution in [-0.4, -0.2) is 0 Å². The third-order valence-electron chi connectivity index (χ3n) is 3.26. The van der Waals surface area contributed by atoms with E-state index in [9.17, 15) is 0 Å². The van der Waals surface area contributed by atoms with Crippen molar-refractivity contribution in [3.05, 3.63) is 96.9 Å². The van der Waals surface area contributed by atoms with Crippen molar-refractivity contribution in [1.29, 1.82) is 0 Å².